The van der Waals surface area contributed by atoms with Gasteiger partial charge in [0.2, 0.25) is 5.91 Å². The van der Waals surface area contributed by atoms with Crippen LogP contribution in [-0.2, 0) is 11.3 Å². The first-order valence-corrected chi connectivity index (χ1v) is 7.71. The van der Waals surface area contributed by atoms with Crippen LogP contribution in [-0.4, -0.2) is 58.6 Å². The van der Waals surface area contributed by atoms with Crippen molar-refractivity contribution >= 4 is 23.2 Å². The number of thiazole rings is 1. The van der Waals surface area contributed by atoms with Crippen LogP contribution in [0.2, 0.25) is 0 Å². The summed E-state index contributed by atoms with van der Waals surface area (Å²) in [5.41, 5.74) is -0.569. The SMILES string of the molecule is CC(C)(C(=O)NCc1nc(C(=O)O)cs1)N1CCNCC1. The van der Waals surface area contributed by atoms with Gasteiger partial charge in [0, 0.05) is 31.6 Å². The Hall–Kier alpha value is -1.51. The number of nitrogens with one attached hydrogen (secondary N) is 2. The maximum absolute atomic E-state index is 12.4. The fourth-order valence-electron chi connectivity index (χ4n) is 2.23. The van der Waals surface area contributed by atoms with Crippen LogP contribution in [0.4, 0.5) is 0 Å². The number of carboxylic acids is 1. The number of nitrogens with zero attached hydrogens (tertiary/aromatic N) is 2. The molecule has 1 aliphatic rings. The van der Waals surface area contributed by atoms with E-state index in [4.69, 9.17) is 5.11 Å². The van der Waals surface area contributed by atoms with Crippen LogP contribution in [0, 0.1) is 0 Å². The second-order valence-electron chi connectivity index (χ2n) is 5.41. The number of amides is 1. The first kappa shape index (κ1) is 15.9. The summed E-state index contributed by atoms with van der Waals surface area (Å²) >= 11 is 1.24. The van der Waals surface area contributed by atoms with Gasteiger partial charge in [0.1, 0.15) is 5.01 Å². The quantitative estimate of drug-likeness (QED) is 0.716. The Labute approximate surface area is 127 Å². The van der Waals surface area contributed by atoms with Gasteiger partial charge in [-0.05, 0) is 13.8 Å². The third kappa shape index (κ3) is 3.78. The first-order valence-electron chi connectivity index (χ1n) is 6.83. The van der Waals surface area contributed by atoms with Gasteiger partial charge in [-0.1, -0.05) is 0 Å². The zero-order chi connectivity index (χ0) is 15.5. The number of carboxylic acid groups (broad SMARTS) is 1. The molecule has 1 fully saturated rings. The molecule has 3 N–H and O–H groups in total. The molecule has 1 amide bonds. The van der Waals surface area contributed by atoms with Crippen molar-refractivity contribution in [3.05, 3.63) is 16.1 Å². The Kier molecular flexibility index (Phi) is 4.92. The van der Waals surface area contributed by atoms with Gasteiger partial charge >= 0.3 is 5.97 Å². The van der Waals surface area contributed by atoms with Gasteiger partial charge in [-0.15, -0.1) is 11.3 Å². The summed E-state index contributed by atoms with van der Waals surface area (Å²) in [5.74, 6) is -1.12. The van der Waals surface area contributed by atoms with Crippen molar-refractivity contribution in [3.8, 4) is 0 Å². The number of aromatic nitrogens is 1. The summed E-state index contributed by atoms with van der Waals surface area (Å²) < 4.78 is 0. The van der Waals surface area contributed by atoms with Gasteiger partial charge < -0.3 is 15.7 Å². The van der Waals surface area contributed by atoms with Crippen molar-refractivity contribution in [2.45, 2.75) is 25.9 Å². The maximum atomic E-state index is 12.4. The number of carbonyl (C=O) groups is 2. The summed E-state index contributed by atoms with van der Waals surface area (Å²) in [4.78, 5) is 29.2. The number of aromatic carboxylic acids is 1. The Balaban J connectivity index is 1.91. The highest BCUT2D eigenvalue weighted by molar-refractivity contribution is 7.09. The minimum absolute atomic E-state index is 0.0191. The smallest absolute Gasteiger partial charge is 0.355 e. The standard InChI is InChI=1S/C13H20N4O3S/c1-13(2,17-5-3-14-4-6-17)12(20)15-7-10-16-9(8-21-10)11(18)19/h8,14H,3-7H2,1-2H3,(H,15,20)(H,18,19). The molecule has 0 saturated carbocycles. The third-order valence-electron chi connectivity index (χ3n) is 3.63. The van der Waals surface area contributed by atoms with Gasteiger partial charge in [-0.3, -0.25) is 9.69 Å². The molecule has 1 aromatic heterocycles. The minimum atomic E-state index is -1.05. The Bertz CT molecular complexity index is 523. The van der Waals surface area contributed by atoms with Crippen molar-refractivity contribution in [2.75, 3.05) is 26.2 Å². The van der Waals surface area contributed by atoms with Crippen LogP contribution in [0.1, 0.15) is 29.3 Å². The van der Waals surface area contributed by atoms with Crippen molar-refractivity contribution in [1.29, 1.82) is 0 Å². The van der Waals surface area contributed by atoms with E-state index in [2.05, 4.69) is 20.5 Å². The van der Waals surface area contributed by atoms with Gasteiger partial charge in [-0.25, -0.2) is 9.78 Å². The molecule has 7 nitrogen and oxygen atoms in total. The van der Waals surface area contributed by atoms with Crippen molar-refractivity contribution in [1.82, 2.24) is 20.5 Å². The van der Waals surface area contributed by atoms with E-state index in [1.165, 1.54) is 16.7 Å². The topological polar surface area (TPSA) is 94.6 Å². The third-order valence-corrected chi connectivity index (χ3v) is 4.48. The Morgan fingerprint density at radius 3 is 2.71 bits per heavy atom. The summed E-state index contributed by atoms with van der Waals surface area (Å²) in [5, 5.41) is 17.0. The predicted molar refractivity (Wildman–Crippen MR) is 79.4 cm³/mol. The molecular weight excluding hydrogens is 292 g/mol. The fraction of sp³-hybridized carbons (Fsp3) is 0.615. The zero-order valence-corrected chi connectivity index (χ0v) is 13.0. The molecule has 0 aromatic carbocycles. The van der Waals surface area contributed by atoms with Crippen LogP contribution in [0.5, 0.6) is 0 Å². The second-order valence-corrected chi connectivity index (χ2v) is 6.35. The molecule has 0 bridgehead atoms. The van der Waals surface area contributed by atoms with E-state index in [0.717, 1.165) is 26.2 Å². The molecule has 1 aliphatic heterocycles. The molecule has 2 rings (SSSR count). The number of rotatable bonds is 5. The molecule has 0 aliphatic carbocycles. The number of carbonyl (C=O) groups excluding carboxylic acids is 1. The lowest BCUT2D eigenvalue weighted by Gasteiger charge is -2.39. The molecule has 1 aromatic rings. The summed E-state index contributed by atoms with van der Waals surface area (Å²) in [6.07, 6.45) is 0. The van der Waals surface area contributed by atoms with Gasteiger partial charge in [-0.2, -0.15) is 0 Å². The molecule has 116 valence electrons. The van der Waals surface area contributed by atoms with E-state index < -0.39 is 11.5 Å². The summed E-state index contributed by atoms with van der Waals surface area (Å²) in [6, 6.07) is 0. The zero-order valence-electron chi connectivity index (χ0n) is 12.2. The monoisotopic (exact) mass is 312 g/mol. The molecule has 0 atom stereocenters. The molecule has 0 radical (unpaired) electrons. The van der Waals surface area contributed by atoms with Crippen LogP contribution >= 0.6 is 11.3 Å². The first-order chi connectivity index (χ1) is 9.91. The summed E-state index contributed by atoms with van der Waals surface area (Å²) in [6.45, 7) is 7.49. The molecule has 0 unspecified atom stereocenters. The van der Waals surface area contributed by atoms with Gasteiger partial charge in [0.25, 0.3) is 0 Å². The average Bonchev–Trinajstić information content (AvgIpc) is 2.94. The molecule has 8 heteroatoms. The van der Waals surface area contributed by atoms with Crippen molar-refractivity contribution in [2.24, 2.45) is 0 Å². The van der Waals surface area contributed by atoms with Crippen LogP contribution in [0.25, 0.3) is 0 Å². The van der Waals surface area contributed by atoms with Crippen LogP contribution in [0.15, 0.2) is 5.38 Å². The molecule has 0 spiro atoms. The lowest BCUT2D eigenvalue weighted by Crippen LogP contribution is -2.59. The molecule has 2 heterocycles. The lowest BCUT2D eigenvalue weighted by atomic mass is 10.0. The van der Waals surface area contributed by atoms with Crippen LogP contribution < -0.4 is 10.6 Å². The predicted octanol–water partition coefficient (Wildman–Crippen LogP) is 0.141. The minimum Gasteiger partial charge on any atom is -0.476 e. The van der Waals surface area contributed by atoms with E-state index in [1.54, 1.807) is 0 Å². The fourth-order valence-corrected chi connectivity index (χ4v) is 2.94. The molecule has 1 saturated heterocycles. The maximum Gasteiger partial charge on any atom is 0.355 e. The van der Waals surface area contributed by atoms with Gasteiger partial charge in [0.15, 0.2) is 5.69 Å². The van der Waals surface area contributed by atoms with Crippen molar-refractivity contribution in [3.63, 3.8) is 0 Å². The lowest BCUT2D eigenvalue weighted by molar-refractivity contribution is -0.132. The van der Waals surface area contributed by atoms with E-state index in [9.17, 15) is 9.59 Å². The number of hydrogen-bond donors (Lipinski definition) is 3. The van der Waals surface area contributed by atoms with Crippen LogP contribution in [0.3, 0.4) is 0 Å². The highest BCUT2D eigenvalue weighted by Crippen LogP contribution is 2.16. The van der Waals surface area contributed by atoms with E-state index in [0.29, 0.717) is 5.01 Å². The van der Waals surface area contributed by atoms with Gasteiger partial charge in [0.05, 0.1) is 12.1 Å². The second kappa shape index (κ2) is 6.50. The summed E-state index contributed by atoms with van der Waals surface area (Å²) in [7, 11) is 0. The Morgan fingerprint density at radius 1 is 1.48 bits per heavy atom. The van der Waals surface area contributed by atoms with E-state index in [-0.39, 0.29) is 18.1 Å². The van der Waals surface area contributed by atoms with Crippen molar-refractivity contribution < 1.29 is 14.7 Å². The molecule has 21 heavy (non-hydrogen) atoms. The highest BCUT2D eigenvalue weighted by atomic mass is 32.1. The largest absolute Gasteiger partial charge is 0.476 e. The molecular formula is C13H20N4O3S. The van der Waals surface area contributed by atoms with E-state index in [1.807, 2.05) is 13.8 Å². The normalized spacial score (nSPS) is 16.7. The van der Waals surface area contributed by atoms with E-state index >= 15 is 0 Å². The number of piperazine rings is 1. The average molecular weight is 312 g/mol. The Morgan fingerprint density at radius 2 is 2.14 bits per heavy atom. The number of hydrogen-bond acceptors (Lipinski definition) is 6. The highest BCUT2D eigenvalue weighted by Gasteiger charge is 2.34.